The number of aromatic nitrogens is 2. The first-order chi connectivity index (χ1) is 11.6. The molecule has 0 atom stereocenters. The molecule has 0 fully saturated rings. The van der Waals surface area contributed by atoms with Crippen molar-refractivity contribution in [3.05, 3.63) is 77.7 Å². The number of aryl methyl sites for hydroxylation is 1. The third kappa shape index (κ3) is 3.76. The summed E-state index contributed by atoms with van der Waals surface area (Å²) in [4.78, 5) is 20.6. The van der Waals surface area contributed by atoms with Crippen molar-refractivity contribution >= 4 is 5.91 Å². The highest BCUT2D eigenvalue weighted by molar-refractivity contribution is 5.94. The predicted molar refractivity (Wildman–Crippen MR) is 91.5 cm³/mol. The second kappa shape index (κ2) is 6.91. The molecule has 2 aromatic carbocycles. The average molecular weight is 319 g/mol. The van der Waals surface area contributed by atoms with E-state index in [2.05, 4.69) is 15.3 Å². The molecule has 3 rings (SSSR count). The standard InChI is InChI=1S/C19H17N3O2/c1-13-20-10-9-18(22-13)15-5-7-16(8-6-15)19(24)21-12-14-3-2-4-17(23)11-14/h2-11,23H,12H2,1H3,(H,21,24). The van der Waals surface area contributed by atoms with Crippen molar-refractivity contribution < 1.29 is 9.90 Å². The van der Waals surface area contributed by atoms with Gasteiger partial charge >= 0.3 is 0 Å². The van der Waals surface area contributed by atoms with E-state index in [1.807, 2.05) is 31.2 Å². The maximum Gasteiger partial charge on any atom is 0.251 e. The molecule has 120 valence electrons. The fourth-order valence-corrected chi connectivity index (χ4v) is 2.36. The number of nitrogens with one attached hydrogen (secondary N) is 1. The zero-order valence-electron chi connectivity index (χ0n) is 13.2. The molecule has 5 heteroatoms. The van der Waals surface area contributed by atoms with Crippen LogP contribution >= 0.6 is 0 Å². The Kier molecular flexibility index (Phi) is 4.52. The molecular weight excluding hydrogens is 302 g/mol. The van der Waals surface area contributed by atoms with Gasteiger partial charge in [-0.2, -0.15) is 0 Å². The topological polar surface area (TPSA) is 75.1 Å². The predicted octanol–water partition coefficient (Wildman–Crippen LogP) is 3.09. The summed E-state index contributed by atoms with van der Waals surface area (Å²) in [7, 11) is 0. The molecule has 0 aliphatic carbocycles. The second-order valence-corrected chi connectivity index (χ2v) is 5.42. The van der Waals surface area contributed by atoms with Crippen molar-refractivity contribution in [3.63, 3.8) is 0 Å². The molecule has 0 saturated heterocycles. The van der Waals surface area contributed by atoms with E-state index >= 15 is 0 Å². The normalized spacial score (nSPS) is 10.4. The molecule has 24 heavy (non-hydrogen) atoms. The van der Waals surface area contributed by atoms with Gasteiger partial charge in [-0.25, -0.2) is 9.97 Å². The van der Waals surface area contributed by atoms with Gasteiger partial charge in [-0.1, -0.05) is 24.3 Å². The van der Waals surface area contributed by atoms with E-state index in [1.54, 1.807) is 36.5 Å². The fourth-order valence-electron chi connectivity index (χ4n) is 2.36. The lowest BCUT2D eigenvalue weighted by molar-refractivity contribution is 0.0951. The maximum absolute atomic E-state index is 12.2. The number of carbonyl (C=O) groups is 1. The summed E-state index contributed by atoms with van der Waals surface area (Å²) in [5, 5.41) is 12.3. The average Bonchev–Trinajstić information content (AvgIpc) is 2.60. The van der Waals surface area contributed by atoms with Gasteiger partial charge in [0, 0.05) is 23.9 Å². The molecular formula is C19H17N3O2. The molecule has 0 aliphatic rings. The quantitative estimate of drug-likeness (QED) is 0.775. The molecule has 0 bridgehead atoms. The van der Waals surface area contributed by atoms with E-state index in [9.17, 15) is 9.90 Å². The van der Waals surface area contributed by atoms with Gasteiger partial charge in [-0.05, 0) is 42.8 Å². The highest BCUT2D eigenvalue weighted by atomic mass is 16.3. The number of aromatic hydroxyl groups is 1. The number of nitrogens with zero attached hydrogens (tertiary/aromatic N) is 2. The lowest BCUT2D eigenvalue weighted by Crippen LogP contribution is -2.22. The van der Waals surface area contributed by atoms with Gasteiger partial charge in [0.15, 0.2) is 0 Å². The van der Waals surface area contributed by atoms with Crippen molar-refractivity contribution in [2.45, 2.75) is 13.5 Å². The number of rotatable bonds is 4. The van der Waals surface area contributed by atoms with Gasteiger partial charge in [0.05, 0.1) is 5.69 Å². The largest absolute Gasteiger partial charge is 0.508 e. The van der Waals surface area contributed by atoms with Crippen molar-refractivity contribution in [3.8, 4) is 17.0 Å². The van der Waals surface area contributed by atoms with Crippen LogP contribution in [-0.4, -0.2) is 21.0 Å². The lowest BCUT2D eigenvalue weighted by Gasteiger charge is -2.07. The second-order valence-electron chi connectivity index (χ2n) is 5.42. The van der Waals surface area contributed by atoms with Crippen LogP contribution in [0.2, 0.25) is 0 Å². The third-order valence-electron chi connectivity index (χ3n) is 3.58. The van der Waals surface area contributed by atoms with E-state index in [4.69, 9.17) is 0 Å². The van der Waals surface area contributed by atoms with Crippen LogP contribution in [0.4, 0.5) is 0 Å². The van der Waals surface area contributed by atoms with Crippen molar-refractivity contribution in [2.24, 2.45) is 0 Å². The van der Waals surface area contributed by atoms with E-state index in [-0.39, 0.29) is 11.7 Å². The van der Waals surface area contributed by atoms with Crippen LogP contribution in [-0.2, 0) is 6.54 Å². The Labute approximate surface area is 140 Å². The van der Waals surface area contributed by atoms with E-state index in [0.29, 0.717) is 17.9 Å². The van der Waals surface area contributed by atoms with Gasteiger partial charge in [-0.15, -0.1) is 0 Å². The number of carbonyl (C=O) groups excluding carboxylic acids is 1. The number of benzene rings is 2. The third-order valence-corrected chi connectivity index (χ3v) is 3.58. The van der Waals surface area contributed by atoms with Gasteiger partial charge in [0.25, 0.3) is 5.91 Å². The van der Waals surface area contributed by atoms with Gasteiger partial charge < -0.3 is 10.4 Å². The van der Waals surface area contributed by atoms with Crippen LogP contribution in [0.3, 0.4) is 0 Å². The fraction of sp³-hybridized carbons (Fsp3) is 0.105. The highest BCUT2D eigenvalue weighted by Gasteiger charge is 2.07. The van der Waals surface area contributed by atoms with Crippen molar-refractivity contribution in [1.82, 2.24) is 15.3 Å². The Hall–Kier alpha value is -3.21. The molecule has 0 unspecified atom stereocenters. The summed E-state index contributed by atoms with van der Waals surface area (Å²) in [6, 6.07) is 15.9. The maximum atomic E-state index is 12.2. The molecule has 0 radical (unpaired) electrons. The molecule has 2 N–H and O–H groups in total. The molecule has 1 aromatic heterocycles. The Bertz CT molecular complexity index is 860. The molecule has 0 aliphatic heterocycles. The Morgan fingerprint density at radius 1 is 1.12 bits per heavy atom. The zero-order chi connectivity index (χ0) is 16.9. The van der Waals surface area contributed by atoms with Crippen LogP contribution in [0.1, 0.15) is 21.7 Å². The Balaban J connectivity index is 1.68. The number of phenols is 1. The number of amides is 1. The zero-order valence-corrected chi connectivity index (χ0v) is 13.2. The van der Waals surface area contributed by atoms with Crippen LogP contribution in [0.15, 0.2) is 60.8 Å². The van der Waals surface area contributed by atoms with E-state index < -0.39 is 0 Å². The van der Waals surface area contributed by atoms with Gasteiger partial charge in [0.1, 0.15) is 11.6 Å². The first-order valence-electron chi connectivity index (χ1n) is 7.58. The molecule has 3 aromatic rings. The minimum atomic E-state index is -0.163. The first kappa shape index (κ1) is 15.7. The van der Waals surface area contributed by atoms with Crippen LogP contribution < -0.4 is 5.32 Å². The number of hydrogen-bond donors (Lipinski definition) is 2. The van der Waals surface area contributed by atoms with E-state index in [0.717, 1.165) is 16.8 Å². The van der Waals surface area contributed by atoms with Gasteiger partial charge in [0.2, 0.25) is 0 Å². The summed E-state index contributed by atoms with van der Waals surface area (Å²) in [5.74, 6) is 0.732. The molecule has 1 heterocycles. The highest BCUT2D eigenvalue weighted by Crippen LogP contribution is 2.17. The van der Waals surface area contributed by atoms with Crippen LogP contribution in [0.5, 0.6) is 5.75 Å². The first-order valence-corrected chi connectivity index (χ1v) is 7.58. The lowest BCUT2D eigenvalue weighted by atomic mass is 10.1. The minimum Gasteiger partial charge on any atom is -0.508 e. The van der Waals surface area contributed by atoms with Crippen molar-refractivity contribution in [1.29, 1.82) is 0 Å². The summed E-state index contributed by atoms with van der Waals surface area (Å²) < 4.78 is 0. The summed E-state index contributed by atoms with van der Waals surface area (Å²) >= 11 is 0. The summed E-state index contributed by atoms with van der Waals surface area (Å²) in [6.45, 7) is 2.20. The Morgan fingerprint density at radius 3 is 2.62 bits per heavy atom. The molecule has 1 amide bonds. The van der Waals surface area contributed by atoms with Crippen LogP contribution in [0, 0.1) is 6.92 Å². The Morgan fingerprint density at radius 2 is 1.92 bits per heavy atom. The van der Waals surface area contributed by atoms with Crippen molar-refractivity contribution in [2.75, 3.05) is 0 Å². The van der Waals surface area contributed by atoms with E-state index in [1.165, 1.54) is 0 Å². The molecule has 0 spiro atoms. The number of hydrogen-bond acceptors (Lipinski definition) is 4. The molecule has 0 saturated carbocycles. The smallest absolute Gasteiger partial charge is 0.251 e. The van der Waals surface area contributed by atoms with Gasteiger partial charge in [-0.3, -0.25) is 4.79 Å². The SMILES string of the molecule is Cc1nccc(-c2ccc(C(=O)NCc3cccc(O)c3)cc2)n1. The number of phenolic OH excluding ortho intramolecular Hbond substituents is 1. The molecule has 5 nitrogen and oxygen atoms in total. The van der Waals surface area contributed by atoms with Crippen LogP contribution in [0.25, 0.3) is 11.3 Å². The summed E-state index contributed by atoms with van der Waals surface area (Å²) in [6.07, 6.45) is 1.72. The minimum absolute atomic E-state index is 0.163. The monoisotopic (exact) mass is 319 g/mol. The summed E-state index contributed by atoms with van der Waals surface area (Å²) in [5.41, 5.74) is 3.18.